The molecule has 2 rings (SSSR count). The highest BCUT2D eigenvalue weighted by atomic mass is 32.2. The van der Waals surface area contributed by atoms with Crippen LogP contribution in [0.4, 0.5) is 0 Å². The Morgan fingerprint density at radius 1 is 0.889 bits per heavy atom. The SMILES string of the molecule is Cc1ccc(Sc2ccc(C=O)cc2C)cc1C. The summed E-state index contributed by atoms with van der Waals surface area (Å²) < 4.78 is 0. The number of benzene rings is 2. The molecule has 0 aromatic heterocycles. The Bertz CT molecular complexity index is 588. The van der Waals surface area contributed by atoms with Gasteiger partial charge in [0.2, 0.25) is 0 Å². The molecule has 0 unspecified atom stereocenters. The number of hydrogen-bond donors (Lipinski definition) is 0. The summed E-state index contributed by atoms with van der Waals surface area (Å²) in [6.07, 6.45) is 0.886. The van der Waals surface area contributed by atoms with Crippen LogP contribution in [0.2, 0.25) is 0 Å². The van der Waals surface area contributed by atoms with E-state index in [1.807, 2.05) is 25.1 Å². The van der Waals surface area contributed by atoms with E-state index >= 15 is 0 Å². The Kier molecular flexibility index (Phi) is 3.87. The molecule has 0 heterocycles. The number of rotatable bonds is 3. The Hall–Kier alpha value is -1.54. The van der Waals surface area contributed by atoms with E-state index in [4.69, 9.17) is 0 Å². The summed E-state index contributed by atoms with van der Waals surface area (Å²) in [6, 6.07) is 12.3. The highest BCUT2D eigenvalue weighted by Crippen LogP contribution is 2.31. The third-order valence-corrected chi connectivity index (χ3v) is 4.21. The number of carbonyl (C=O) groups excluding carboxylic acids is 1. The molecule has 0 saturated carbocycles. The van der Waals surface area contributed by atoms with Crippen LogP contribution >= 0.6 is 11.8 Å². The van der Waals surface area contributed by atoms with Crippen molar-refractivity contribution in [2.24, 2.45) is 0 Å². The fourth-order valence-electron chi connectivity index (χ4n) is 1.76. The number of aryl methyl sites for hydroxylation is 3. The third kappa shape index (κ3) is 2.82. The van der Waals surface area contributed by atoms with Gasteiger partial charge in [0.05, 0.1) is 0 Å². The molecule has 0 fully saturated rings. The molecule has 0 radical (unpaired) electrons. The molecule has 0 atom stereocenters. The van der Waals surface area contributed by atoms with E-state index in [0.29, 0.717) is 0 Å². The van der Waals surface area contributed by atoms with Gasteiger partial charge in [0.25, 0.3) is 0 Å². The maximum Gasteiger partial charge on any atom is 0.150 e. The largest absolute Gasteiger partial charge is 0.298 e. The Morgan fingerprint density at radius 3 is 2.28 bits per heavy atom. The minimum Gasteiger partial charge on any atom is -0.298 e. The summed E-state index contributed by atoms with van der Waals surface area (Å²) in [5.41, 5.74) is 4.49. The van der Waals surface area contributed by atoms with Crippen molar-refractivity contribution in [1.29, 1.82) is 0 Å². The zero-order chi connectivity index (χ0) is 13.1. The molecule has 2 aromatic carbocycles. The lowest BCUT2D eigenvalue weighted by atomic mass is 10.1. The molecule has 0 N–H and O–H groups in total. The van der Waals surface area contributed by atoms with Crippen LogP contribution in [0.5, 0.6) is 0 Å². The minimum atomic E-state index is 0.733. The molecular weight excluding hydrogens is 240 g/mol. The molecule has 0 aliphatic rings. The van der Waals surface area contributed by atoms with Gasteiger partial charge in [0, 0.05) is 15.4 Å². The molecule has 18 heavy (non-hydrogen) atoms. The quantitative estimate of drug-likeness (QED) is 0.748. The molecule has 2 aromatic rings. The first-order valence-electron chi connectivity index (χ1n) is 5.91. The standard InChI is InChI=1S/C16H16OS/c1-11-4-6-15(9-12(11)2)18-16-7-5-14(10-17)8-13(16)3/h4-10H,1-3H3. The van der Waals surface area contributed by atoms with Crippen molar-refractivity contribution >= 4 is 18.0 Å². The third-order valence-electron chi connectivity index (χ3n) is 3.04. The zero-order valence-electron chi connectivity index (χ0n) is 10.9. The van der Waals surface area contributed by atoms with Gasteiger partial charge in [-0.15, -0.1) is 0 Å². The van der Waals surface area contributed by atoms with Gasteiger partial charge in [-0.25, -0.2) is 0 Å². The van der Waals surface area contributed by atoms with Gasteiger partial charge in [0.1, 0.15) is 6.29 Å². The van der Waals surface area contributed by atoms with Crippen LogP contribution in [0.3, 0.4) is 0 Å². The maximum atomic E-state index is 10.7. The van der Waals surface area contributed by atoms with E-state index in [2.05, 4.69) is 32.0 Å². The zero-order valence-corrected chi connectivity index (χ0v) is 11.7. The summed E-state index contributed by atoms with van der Waals surface area (Å²) in [5.74, 6) is 0. The monoisotopic (exact) mass is 256 g/mol. The van der Waals surface area contributed by atoms with E-state index < -0.39 is 0 Å². The molecule has 0 saturated heterocycles. The first-order valence-corrected chi connectivity index (χ1v) is 6.73. The average molecular weight is 256 g/mol. The fraction of sp³-hybridized carbons (Fsp3) is 0.188. The van der Waals surface area contributed by atoms with Crippen molar-refractivity contribution in [3.63, 3.8) is 0 Å². The maximum absolute atomic E-state index is 10.7. The lowest BCUT2D eigenvalue weighted by Gasteiger charge is -2.08. The second-order valence-electron chi connectivity index (χ2n) is 4.49. The fourth-order valence-corrected chi connectivity index (χ4v) is 2.75. The Balaban J connectivity index is 2.28. The van der Waals surface area contributed by atoms with Crippen molar-refractivity contribution in [3.8, 4) is 0 Å². The van der Waals surface area contributed by atoms with Gasteiger partial charge in [-0.3, -0.25) is 4.79 Å². The summed E-state index contributed by atoms with van der Waals surface area (Å²) in [7, 11) is 0. The van der Waals surface area contributed by atoms with Crippen molar-refractivity contribution in [2.75, 3.05) is 0 Å². The Morgan fingerprint density at radius 2 is 1.67 bits per heavy atom. The molecule has 0 aliphatic heterocycles. The van der Waals surface area contributed by atoms with Gasteiger partial charge in [-0.05, 0) is 61.7 Å². The normalized spacial score (nSPS) is 10.4. The average Bonchev–Trinajstić information content (AvgIpc) is 2.36. The molecule has 0 spiro atoms. The van der Waals surface area contributed by atoms with Gasteiger partial charge in [0.15, 0.2) is 0 Å². The highest BCUT2D eigenvalue weighted by molar-refractivity contribution is 7.99. The molecule has 0 bridgehead atoms. The van der Waals surface area contributed by atoms with Crippen LogP contribution in [0, 0.1) is 20.8 Å². The predicted molar refractivity (Wildman–Crippen MR) is 76.6 cm³/mol. The van der Waals surface area contributed by atoms with Crippen LogP contribution in [-0.2, 0) is 0 Å². The topological polar surface area (TPSA) is 17.1 Å². The first-order chi connectivity index (χ1) is 8.60. The van der Waals surface area contributed by atoms with Gasteiger partial charge < -0.3 is 0 Å². The smallest absolute Gasteiger partial charge is 0.150 e. The van der Waals surface area contributed by atoms with Crippen LogP contribution in [0.15, 0.2) is 46.2 Å². The van der Waals surface area contributed by atoms with Crippen molar-refractivity contribution in [3.05, 3.63) is 58.7 Å². The predicted octanol–water partition coefficient (Wildman–Crippen LogP) is 4.58. The lowest BCUT2D eigenvalue weighted by molar-refractivity contribution is 0.112. The van der Waals surface area contributed by atoms with E-state index in [0.717, 1.165) is 17.4 Å². The van der Waals surface area contributed by atoms with E-state index in [9.17, 15) is 4.79 Å². The summed E-state index contributed by atoms with van der Waals surface area (Å²) in [5, 5.41) is 0. The lowest BCUT2D eigenvalue weighted by Crippen LogP contribution is -1.86. The van der Waals surface area contributed by atoms with Gasteiger partial charge in [-0.2, -0.15) is 0 Å². The summed E-state index contributed by atoms with van der Waals surface area (Å²) in [6.45, 7) is 6.28. The molecular formula is C16H16OS. The van der Waals surface area contributed by atoms with Gasteiger partial charge >= 0.3 is 0 Å². The molecule has 2 heteroatoms. The van der Waals surface area contributed by atoms with E-state index in [1.165, 1.54) is 20.9 Å². The number of carbonyl (C=O) groups is 1. The van der Waals surface area contributed by atoms with Crippen molar-refractivity contribution in [2.45, 2.75) is 30.6 Å². The molecule has 0 amide bonds. The van der Waals surface area contributed by atoms with Crippen LogP contribution in [0.25, 0.3) is 0 Å². The van der Waals surface area contributed by atoms with Crippen LogP contribution in [-0.4, -0.2) is 6.29 Å². The number of hydrogen-bond acceptors (Lipinski definition) is 2. The summed E-state index contributed by atoms with van der Waals surface area (Å²) >= 11 is 1.74. The van der Waals surface area contributed by atoms with Crippen molar-refractivity contribution in [1.82, 2.24) is 0 Å². The second-order valence-corrected chi connectivity index (χ2v) is 5.61. The molecule has 1 nitrogen and oxygen atoms in total. The molecule has 92 valence electrons. The summed E-state index contributed by atoms with van der Waals surface area (Å²) in [4.78, 5) is 13.1. The van der Waals surface area contributed by atoms with E-state index in [-0.39, 0.29) is 0 Å². The highest BCUT2D eigenvalue weighted by Gasteiger charge is 2.03. The van der Waals surface area contributed by atoms with Crippen LogP contribution < -0.4 is 0 Å². The van der Waals surface area contributed by atoms with Crippen LogP contribution in [0.1, 0.15) is 27.0 Å². The minimum absolute atomic E-state index is 0.733. The first kappa shape index (κ1) is 12.9. The number of aldehydes is 1. The van der Waals surface area contributed by atoms with Crippen molar-refractivity contribution < 1.29 is 4.79 Å². The second kappa shape index (κ2) is 5.40. The molecule has 0 aliphatic carbocycles. The Labute approximate surface area is 112 Å². The van der Waals surface area contributed by atoms with Gasteiger partial charge in [-0.1, -0.05) is 23.9 Å². The van der Waals surface area contributed by atoms with E-state index in [1.54, 1.807) is 11.8 Å².